The first-order valence-electron chi connectivity index (χ1n) is 9.09. The van der Waals surface area contributed by atoms with Gasteiger partial charge in [0.2, 0.25) is 0 Å². The van der Waals surface area contributed by atoms with Gasteiger partial charge < -0.3 is 11.1 Å². The van der Waals surface area contributed by atoms with Crippen LogP contribution in [0.2, 0.25) is 0 Å². The van der Waals surface area contributed by atoms with E-state index >= 15 is 0 Å². The van der Waals surface area contributed by atoms with Gasteiger partial charge in [-0.25, -0.2) is 0 Å². The predicted octanol–water partition coefficient (Wildman–Crippen LogP) is 3.14. The van der Waals surface area contributed by atoms with Crippen molar-refractivity contribution in [2.24, 2.45) is 0 Å². The van der Waals surface area contributed by atoms with E-state index in [0.29, 0.717) is 29.8 Å². The topological polar surface area (TPSA) is 58.4 Å². The van der Waals surface area contributed by atoms with Crippen molar-refractivity contribution in [3.8, 4) is 0 Å². The first-order valence-corrected chi connectivity index (χ1v) is 9.09. The van der Waals surface area contributed by atoms with E-state index in [9.17, 15) is 4.79 Å². The van der Waals surface area contributed by atoms with Crippen molar-refractivity contribution in [2.45, 2.75) is 57.5 Å². The third-order valence-corrected chi connectivity index (χ3v) is 5.41. The molecule has 126 valence electrons. The molecule has 4 heteroatoms. The third-order valence-electron chi connectivity index (χ3n) is 5.41. The maximum absolute atomic E-state index is 12.2. The van der Waals surface area contributed by atoms with Crippen molar-refractivity contribution in [1.82, 2.24) is 10.2 Å². The Labute approximate surface area is 139 Å². The van der Waals surface area contributed by atoms with Gasteiger partial charge in [0.1, 0.15) is 0 Å². The number of likely N-dealkylation sites (tertiary alicyclic amines) is 1. The molecule has 0 saturated carbocycles. The fourth-order valence-corrected chi connectivity index (χ4v) is 4.10. The molecular weight excluding hydrogens is 286 g/mol. The van der Waals surface area contributed by atoms with Crippen LogP contribution in [0.5, 0.6) is 0 Å². The SMILES string of the molecule is CCC(=O)c1cc(C2CCCCN2C2CCNCC2)ccc1N. The number of anilines is 1. The van der Waals surface area contributed by atoms with Crippen LogP contribution in [0.3, 0.4) is 0 Å². The van der Waals surface area contributed by atoms with Gasteiger partial charge in [-0.1, -0.05) is 19.4 Å². The number of piperidine rings is 2. The fourth-order valence-electron chi connectivity index (χ4n) is 4.10. The molecule has 2 heterocycles. The molecule has 2 fully saturated rings. The zero-order chi connectivity index (χ0) is 16.2. The van der Waals surface area contributed by atoms with E-state index < -0.39 is 0 Å². The average Bonchev–Trinajstić information content (AvgIpc) is 2.62. The highest BCUT2D eigenvalue weighted by atomic mass is 16.1. The number of hydrogen-bond donors (Lipinski definition) is 2. The lowest BCUT2D eigenvalue weighted by Gasteiger charge is -2.43. The average molecular weight is 315 g/mol. The Hall–Kier alpha value is -1.39. The number of rotatable bonds is 4. The molecule has 1 atom stereocenters. The van der Waals surface area contributed by atoms with Crippen LogP contribution in [0.1, 0.15) is 67.4 Å². The zero-order valence-corrected chi connectivity index (χ0v) is 14.2. The van der Waals surface area contributed by atoms with Crippen LogP contribution in [0.25, 0.3) is 0 Å². The van der Waals surface area contributed by atoms with E-state index in [2.05, 4.69) is 22.3 Å². The van der Waals surface area contributed by atoms with Gasteiger partial charge in [-0.2, -0.15) is 0 Å². The number of hydrogen-bond acceptors (Lipinski definition) is 4. The van der Waals surface area contributed by atoms with Crippen LogP contribution < -0.4 is 11.1 Å². The number of nitrogen functional groups attached to an aromatic ring is 1. The summed E-state index contributed by atoms with van der Waals surface area (Å²) in [6.45, 7) is 5.32. The van der Waals surface area contributed by atoms with Gasteiger partial charge in [0.15, 0.2) is 5.78 Å². The van der Waals surface area contributed by atoms with Gasteiger partial charge in [0.25, 0.3) is 0 Å². The van der Waals surface area contributed by atoms with Gasteiger partial charge in [0.05, 0.1) is 0 Å². The van der Waals surface area contributed by atoms with Gasteiger partial charge in [-0.05, 0) is 63.0 Å². The summed E-state index contributed by atoms with van der Waals surface area (Å²) in [5, 5.41) is 3.46. The minimum atomic E-state index is 0.147. The lowest BCUT2D eigenvalue weighted by atomic mass is 9.89. The number of carbonyl (C=O) groups excluding carboxylic acids is 1. The first kappa shape index (κ1) is 16.5. The van der Waals surface area contributed by atoms with Gasteiger partial charge in [0, 0.05) is 29.8 Å². The Morgan fingerprint density at radius 2 is 2.04 bits per heavy atom. The number of ketones is 1. The lowest BCUT2D eigenvalue weighted by Crippen LogP contribution is -2.46. The molecule has 1 aromatic rings. The Kier molecular flexibility index (Phi) is 5.34. The van der Waals surface area contributed by atoms with Crippen LogP contribution in [0, 0.1) is 0 Å². The second-order valence-electron chi connectivity index (χ2n) is 6.85. The Morgan fingerprint density at radius 3 is 2.78 bits per heavy atom. The summed E-state index contributed by atoms with van der Waals surface area (Å²) >= 11 is 0. The molecule has 0 bridgehead atoms. The van der Waals surface area contributed by atoms with Crippen LogP contribution in [-0.2, 0) is 0 Å². The second-order valence-corrected chi connectivity index (χ2v) is 6.85. The van der Waals surface area contributed by atoms with Crippen molar-refractivity contribution >= 4 is 11.5 Å². The molecule has 4 nitrogen and oxygen atoms in total. The Bertz CT molecular complexity index is 552. The van der Waals surface area contributed by atoms with Crippen molar-refractivity contribution < 1.29 is 4.79 Å². The molecule has 0 radical (unpaired) electrons. The van der Waals surface area contributed by atoms with Crippen molar-refractivity contribution in [1.29, 1.82) is 0 Å². The Morgan fingerprint density at radius 1 is 1.26 bits per heavy atom. The summed E-state index contributed by atoms with van der Waals surface area (Å²) in [4.78, 5) is 14.8. The normalized spacial score (nSPS) is 23.8. The highest BCUT2D eigenvalue weighted by Crippen LogP contribution is 2.35. The molecule has 2 aliphatic heterocycles. The third kappa shape index (κ3) is 3.59. The molecule has 0 spiro atoms. The zero-order valence-electron chi connectivity index (χ0n) is 14.2. The molecule has 2 saturated heterocycles. The second kappa shape index (κ2) is 7.45. The smallest absolute Gasteiger partial charge is 0.164 e. The minimum Gasteiger partial charge on any atom is -0.398 e. The Balaban J connectivity index is 1.86. The minimum absolute atomic E-state index is 0.147. The number of carbonyl (C=O) groups is 1. The van der Waals surface area contributed by atoms with Crippen molar-refractivity contribution in [3.63, 3.8) is 0 Å². The molecule has 3 N–H and O–H groups in total. The summed E-state index contributed by atoms with van der Waals surface area (Å²) in [6, 6.07) is 7.23. The monoisotopic (exact) mass is 315 g/mol. The van der Waals surface area contributed by atoms with Crippen LogP contribution in [0.4, 0.5) is 5.69 Å². The van der Waals surface area contributed by atoms with E-state index in [4.69, 9.17) is 5.73 Å². The molecule has 0 aliphatic carbocycles. The van der Waals surface area contributed by atoms with Crippen molar-refractivity contribution in [3.05, 3.63) is 29.3 Å². The van der Waals surface area contributed by atoms with Crippen LogP contribution in [-0.4, -0.2) is 36.4 Å². The highest BCUT2D eigenvalue weighted by molar-refractivity contribution is 6.00. The fraction of sp³-hybridized carbons (Fsp3) is 0.632. The van der Waals surface area contributed by atoms with E-state index in [1.165, 1.54) is 44.2 Å². The molecule has 23 heavy (non-hydrogen) atoms. The van der Waals surface area contributed by atoms with E-state index in [1.54, 1.807) is 0 Å². The summed E-state index contributed by atoms with van der Waals surface area (Å²) in [5.74, 6) is 0.147. The molecule has 0 aromatic heterocycles. The van der Waals surface area contributed by atoms with E-state index in [1.807, 2.05) is 13.0 Å². The molecule has 1 aromatic carbocycles. The summed E-state index contributed by atoms with van der Waals surface area (Å²) in [5.41, 5.74) is 8.63. The van der Waals surface area contributed by atoms with Crippen molar-refractivity contribution in [2.75, 3.05) is 25.4 Å². The van der Waals surface area contributed by atoms with Gasteiger partial charge >= 0.3 is 0 Å². The number of nitrogens with zero attached hydrogens (tertiary/aromatic N) is 1. The number of benzene rings is 1. The molecule has 1 unspecified atom stereocenters. The van der Waals surface area contributed by atoms with Crippen LogP contribution in [0.15, 0.2) is 18.2 Å². The number of nitrogens with two attached hydrogens (primary N) is 1. The van der Waals surface area contributed by atoms with E-state index in [0.717, 1.165) is 13.1 Å². The lowest BCUT2D eigenvalue weighted by molar-refractivity contribution is 0.0759. The highest BCUT2D eigenvalue weighted by Gasteiger charge is 2.31. The molecule has 2 aliphatic rings. The molecule has 0 amide bonds. The summed E-state index contributed by atoms with van der Waals surface area (Å²) in [6.07, 6.45) is 6.71. The predicted molar refractivity (Wildman–Crippen MR) is 94.7 cm³/mol. The first-order chi connectivity index (χ1) is 11.2. The van der Waals surface area contributed by atoms with Gasteiger partial charge in [-0.15, -0.1) is 0 Å². The largest absolute Gasteiger partial charge is 0.398 e. The quantitative estimate of drug-likeness (QED) is 0.662. The number of Topliss-reactive ketones (excluding diaryl/α,β-unsaturated/α-hetero) is 1. The molecular formula is C19H29N3O. The summed E-state index contributed by atoms with van der Waals surface area (Å²) in [7, 11) is 0. The van der Waals surface area contributed by atoms with Gasteiger partial charge in [-0.3, -0.25) is 9.69 Å². The maximum Gasteiger partial charge on any atom is 0.164 e. The van der Waals surface area contributed by atoms with Crippen LogP contribution >= 0.6 is 0 Å². The standard InChI is InChI=1S/C19H29N3O/c1-2-19(23)16-13-14(6-7-17(16)20)18-5-3-4-12-22(18)15-8-10-21-11-9-15/h6-7,13,15,18,21H,2-5,8-12,20H2,1H3. The maximum atomic E-state index is 12.2. The number of nitrogens with one attached hydrogen (secondary N) is 1. The summed E-state index contributed by atoms with van der Waals surface area (Å²) < 4.78 is 0. The van der Waals surface area contributed by atoms with E-state index in [-0.39, 0.29) is 5.78 Å². The molecule has 3 rings (SSSR count).